The molecule has 4 rings (SSSR count). The van der Waals surface area contributed by atoms with Gasteiger partial charge in [0.15, 0.2) is 5.82 Å². The van der Waals surface area contributed by atoms with Crippen LogP contribution >= 0.6 is 0 Å². The number of rotatable bonds is 4. The van der Waals surface area contributed by atoms with E-state index in [2.05, 4.69) is 15.6 Å². The second kappa shape index (κ2) is 7.54. The Morgan fingerprint density at radius 1 is 1.21 bits per heavy atom. The van der Waals surface area contributed by atoms with Crippen molar-refractivity contribution in [3.05, 3.63) is 64.2 Å². The number of benzene rings is 1. The van der Waals surface area contributed by atoms with Gasteiger partial charge in [-0.3, -0.25) is 14.3 Å². The Morgan fingerprint density at radius 3 is 2.66 bits per heavy atom. The number of aryl methyl sites for hydroxylation is 3. The number of anilines is 1. The van der Waals surface area contributed by atoms with Crippen LogP contribution in [0.15, 0.2) is 34.9 Å². The van der Waals surface area contributed by atoms with E-state index in [4.69, 9.17) is 4.52 Å². The fraction of sp³-hybridized carbons (Fsp3) is 0.333. The zero-order valence-corrected chi connectivity index (χ0v) is 16.7. The SMILES string of the molecule is Cc1noc(C)c1CC(=O)N1CCc2c(c(NC(=O)c3ccccc3)nn2C)C1. The van der Waals surface area contributed by atoms with Crippen LogP contribution in [-0.2, 0) is 31.2 Å². The fourth-order valence-electron chi connectivity index (χ4n) is 3.69. The Balaban J connectivity index is 1.52. The Hall–Kier alpha value is -3.42. The van der Waals surface area contributed by atoms with E-state index in [0.717, 1.165) is 22.5 Å². The highest BCUT2D eigenvalue weighted by atomic mass is 16.5. The normalized spacial score (nSPS) is 13.3. The van der Waals surface area contributed by atoms with Crippen molar-refractivity contribution in [2.45, 2.75) is 33.2 Å². The van der Waals surface area contributed by atoms with Crippen LogP contribution in [0.5, 0.6) is 0 Å². The molecular weight excluding hydrogens is 370 g/mol. The first-order valence-corrected chi connectivity index (χ1v) is 9.54. The molecule has 1 aliphatic rings. The molecule has 1 aromatic carbocycles. The molecule has 0 fully saturated rings. The third-order valence-electron chi connectivity index (χ3n) is 5.37. The van der Waals surface area contributed by atoms with Gasteiger partial charge in [0.05, 0.1) is 18.7 Å². The quantitative estimate of drug-likeness (QED) is 0.735. The first-order chi connectivity index (χ1) is 13.9. The van der Waals surface area contributed by atoms with Crippen LogP contribution in [0.2, 0.25) is 0 Å². The molecule has 0 spiro atoms. The van der Waals surface area contributed by atoms with Crippen molar-refractivity contribution in [3.63, 3.8) is 0 Å². The molecule has 1 aliphatic heterocycles. The van der Waals surface area contributed by atoms with Gasteiger partial charge in [-0.15, -0.1) is 0 Å². The first kappa shape index (κ1) is 18.9. The average Bonchev–Trinajstić information content (AvgIpc) is 3.21. The molecule has 3 heterocycles. The van der Waals surface area contributed by atoms with Gasteiger partial charge in [-0.25, -0.2) is 0 Å². The Labute approximate surface area is 168 Å². The maximum absolute atomic E-state index is 12.9. The number of hydrogen-bond acceptors (Lipinski definition) is 5. The van der Waals surface area contributed by atoms with Crippen molar-refractivity contribution in [1.29, 1.82) is 0 Å². The number of carbonyl (C=O) groups excluding carboxylic acids is 2. The summed E-state index contributed by atoms with van der Waals surface area (Å²) in [5.41, 5.74) is 4.06. The minimum atomic E-state index is -0.217. The molecule has 0 bridgehead atoms. The van der Waals surface area contributed by atoms with Crippen LogP contribution < -0.4 is 5.32 Å². The van der Waals surface area contributed by atoms with Gasteiger partial charge in [0.25, 0.3) is 5.91 Å². The summed E-state index contributed by atoms with van der Waals surface area (Å²) in [6.07, 6.45) is 0.940. The van der Waals surface area contributed by atoms with Crippen molar-refractivity contribution in [2.75, 3.05) is 11.9 Å². The number of fused-ring (bicyclic) bond motifs is 1. The van der Waals surface area contributed by atoms with Crippen LogP contribution in [0.3, 0.4) is 0 Å². The summed E-state index contributed by atoms with van der Waals surface area (Å²) in [6.45, 7) is 4.68. The molecule has 8 nitrogen and oxygen atoms in total. The van der Waals surface area contributed by atoms with Crippen molar-refractivity contribution < 1.29 is 14.1 Å². The van der Waals surface area contributed by atoms with E-state index in [1.54, 1.807) is 21.7 Å². The lowest BCUT2D eigenvalue weighted by atomic mass is 10.0. The first-order valence-electron chi connectivity index (χ1n) is 9.54. The Morgan fingerprint density at radius 2 is 1.97 bits per heavy atom. The summed E-state index contributed by atoms with van der Waals surface area (Å²) in [4.78, 5) is 27.2. The summed E-state index contributed by atoms with van der Waals surface area (Å²) in [5.74, 6) is 0.969. The van der Waals surface area contributed by atoms with Crippen LogP contribution in [0.1, 0.15) is 38.6 Å². The van der Waals surface area contributed by atoms with E-state index in [1.165, 1.54) is 0 Å². The minimum Gasteiger partial charge on any atom is -0.361 e. The Kier molecular flexibility index (Phi) is 4.92. The number of nitrogens with zero attached hydrogens (tertiary/aromatic N) is 4. The summed E-state index contributed by atoms with van der Waals surface area (Å²) in [5, 5.41) is 11.3. The second-order valence-electron chi connectivity index (χ2n) is 7.26. The maximum Gasteiger partial charge on any atom is 0.256 e. The van der Waals surface area contributed by atoms with Gasteiger partial charge < -0.3 is 14.7 Å². The molecule has 0 saturated heterocycles. The number of aromatic nitrogens is 3. The van der Waals surface area contributed by atoms with Gasteiger partial charge in [-0.05, 0) is 26.0 Å². The molecule has 8 heteroatoms. The highest BCUT2D eigenvalue weighted by molar-refractivity contribution is 6.04. The smallest absolute Gasteiger partial charge is 0.256 e. The number of carbonyl (C=O) groups is 2. The maximum atomic E-state index is 12.9. The molecule has 2 aromatic heterocycles. The van der Waals surface area contributed by atoms with E-state index in [9.17, 15) is 9.59 Å². The zero-order chi connectivity index (χ0) is 20.5. The predicted octanol–water partition coefficient (Wildman–Crippen LogP) is 2.40. The van der Waals surface area contributed by atoms with Crippen LogP contribution in [0.25, 0.3) is 0 Å². The third kappa shape index (κ3) is 3.65. The van der Waals surface area contributed by atoms with Gasteiger partial charge in [-0.1, -0.05) is 23.4 Å². The van der Waals surface area contributed by atoms with E-state index in [1.807, 2.05) is 39.1 Å². The molecule has 0 unspecified atom stereocenters. The van der Waals surface area contributed by atoms with Crippen molar-refractivity contribution >= 4 is 17.6 Å². The van der Waals surface area contributed by atoms with E-state index in [-0.39, 0.29) is 18.2 Å². The van der Waals surface area contributed by atoms with Crippen LogP contribution in [-0.4, -0.2) is 38.2 Å². The lowest BCUT2D eigenvalue weighted by Gasteiger charge is -2.27. The predicted molar refractivity (Wildman–Crippen MR) is 106 cm³/mol. The molecule has 0 aliphatic carbocycles. The van der Waals surface area contributed by atoms with Crippen LogP contribution in [0, 0.1) is 13.8 Å². The van der Waals surface area contributed by atoms with Gasteiger partial charge in [-0.2, -0.15) is 5.10 Å². The molecular formula is C21H23N5O3. The van der Waals surface area contributed by atoms with Gasteiger partial charge >= 0.3 is 0 Å². The van der Waals surface area contributed by atoms with Gasteiger partial charge in [0.1, 0.15) is 5.76 Å². The molecule has 0 radical (unpaired) electrons. The third-order valence-corrected chi connectivity index (χ3v) is 5.37. The van der Waals surface area contributed by atoms with E-state index >= 15 is 0 Å². The molecule has 29 heavy (non-hydrogen) atoms. The second-order valence-corrected chi connectivity index (χ2v) is 7.26. The monoisotopic (exact) mass is 393 g/mol. The highest BCUT2D eigenvalue weighted by Crippen LogP contribution is 2.27. The fourth-order valence-corrected chi connectivity index (χ4v) is 3.69. The largest absolute Gasteiger partial charge is 0.361 e. The molecule has 1 N–H and O–H groups in total. The number of nitrogens with one attached hydrogen (secondary N) is 1. The molecule has 2 amide bonds. The minimum absolute atomic E-state index is 0.00855. The summed E-state index contributed by atoms with van der Waals surface area (Å²) >= 11 is 0. The molecule has 3 aromatic rings. The standard InChI is InChI=1S/C21H23N5O3/c1-13-16(14(2)29-24-13)11-19(27)26-10-9-18-17(12-26)20(23-25(18)3)22-21(28)15-7-5-4-6-8-15/h4-8H,9-12H2,1-3H3,(H,22,23,28). The van der Waals surface area contributed by atoms with E-state index < -0.39 is 0 Å². The van der Waals surface area contributed by atoms with Crippen LogP contribution in [0.4, 0.5) is 5.82 Å². The van der Waals surface area contributed by atoms with Gasteiger partial charge in [0.2, 0.25) is 5.91 Å². The van der Waals surface area contributed by atoms with Crippen molar-refractivity contribution in [3.8, 4) is 0 Å². The van der Waals surface area contributed by atoms with Gasteiger partial charge in [0, 0.05) is 42.4 Å². The average molecular weight is 393 g/mol. The number of hydrogen-bond donors (Lipinski definition) is 1. The number of amides is 2. The summed E-state index contributed by atoms with van der Waals surface area (Å²) < 4.78 is 6.95. The zero-order valence-electron chi connectivity index (χ0n) is 16.7. The lowest BCUT2D eigenvalue weighted by Crippen LogP contribution is -2.37. The summed E-state index contributed by atoms with van der Waals surface area (Å²) in [6, 6.07) is 9.01. The topological polar surface area (TPSA) is 93.3 Å². The molecule has 0 atom stereocenters. The summed E-state index contributed by atoms with van der Waals surface area (Å²) in [7, 11) is 1.86. The Bertz CT molecular complexity index is 1050. The molecule has 0 saturated carbocycles. The highest BCUT2D eigenvalue weighted by Gasteiger charge is 2.28. The van der Waals surface area contributed by atoms with E-state index in [0.29, 0.717) is 36.7 Å². The van der Waals surface area contributed by atoms with Crippen molar-refractivity contribution in [1.82, 2.24) is 19.8 Å². The van der Waals surface area contributed by atoms with Crippen molar-refractivity contribution in [2.24, 2.45) is 7.05 Å². The lowest BCUT2D eigenvalue weighted by molar-refractivity contribution is -0.131. The molecule has 150 valence electrons.